The van der Waals surface area contributed by atoms with Gasteiger partial charge in [-0.15, -0.1) is 0 Å². The zero-order valence-corrected chi connectivity index (χ0v) is 15.0. The molecule has 25 heavy (non-hydrogen) atoms. The van der Waals surface area contributed by atoms with E-state index in [1.54, 1.807) is 0 Å². The highest BCUT2D eigenvalue weighted by molar-refractivity contribution is 6.45. The minimum Gasteiger partial charge on any atom is -0.437 e. The van der Waals surface area contributed by atoms with E-state index in [9.17, 15) is 5.02 Å². The zero-order valence-electron chi connectivity index (χ0n) is 14.2. The van der Waals surface area contributed by atoms with Gasteiger partial charge >= 0.3 is 7.05 Å². The summed E-state index contributed by atoms with van der Waals surface area (Å²) < 4.78 is 7.51. The van der Waals surface area contributed by atoms with Crippen LogP contribution in [0.5, 0.6) is 0 Å². The summed E-state index contributed by atoms with van der Waals surface area (Å²) in [7, 11) is -0.399. The Hall–Kier alpha value is -1.48. The predicted molar refractivity (Wildman–Crippen MR) is 97.4 cm³/mol. The van der Waals surface area contributed by atoms with E-state index in [0.717, 1.165) is 54.8 Å². The van der Waals surface area contributed by atoms with E-state index in [1.807, 2.05) is 19.2 Å². The Labute approximate surface area is 151 Å². The SMILES string of the molecule is CB(O)N1CCC(n2cnc3c(C4=CCOCC4)nc(Cl)nc32)CC1. The minimum absolute atomic E-state index is 0.248. The predicted octanol–water partition coefficient (Wildman–Crippen LogP) is 2.03. The number of halogens is 1. The lowest BCUT2D eigenvalue weighted by molar-refractivity contribution is 0.161. The van der Waals surface area contributed by atoms with E-state index in [-0.39, 0.29) is 5.28 Å². The summed E-state index contributed by atoms with van der Waals surface area (Å²) >= 11 is 6.21. The van der Waals surface area contributed by atoms with Crippen molar-refractivity contribution in [2.45, 2.75) is 32.1 Å². The number of piperidine rings is 1. The number of imidazole rings is 1. The third-order valence-corrected chi connectivity index (χ3v) is 5.25. The molecule has 4 heterocycles. The summed E-state index contributed by atoms with van der Waals surface area (Å²) in [5, 5.41) is 9.98. The quantitative estimate of drug-likeness (QED) is 0.666. The second kappa shape index (κ2) is 7.03. The van der Waals surface area contributed by atoms with Crippen LogP contribution in [0.2, 0.25) is 12.1 Å². The first-order chi connectivity index (χ1) is 12.1. The van der Waals surface area contributed by atoms with E-state index >= 15 is 0 Å². The van der Waals surface area contributed by atoms with E-state index in [2.05, 4.69) is 24.3 Å². The van der Waals surface area contributed by atoms with Gasteiger partial charge < -0.3 is 19.1 Å². The maximum Gasteiger partial charge on any atom is 0.376 e. The molecule has 1 N–H and O–H groups in total. The number of ether oxygens (including phenoxy) is 1. The van der Waals surface area contributed by atoms with Gasteiger partial charge in [0, 0.05) is 6.04 Å². The molecule has 0 bridgehead atoms. The van der Waals surface area contributed by atoms with Gasteiger partial charge in [0.2, 0.25) is 5.28 Å². The molecule has 2 aliphatic heterocycles. The Morgan fingerprint density at radius 3 is 2.80 bits per heavy atom. The zero-order chi connectivity index (χ0) is 17.4. The van der Waals surface area contributed by atoms with Gasteiger partial charge in [-0.05, 0) is 56.3 Å². The fourth-order valence-corrected chi connectivity index (χ4v) is 3.83. The Balaban J connectivity index is 1.68. The Morgan fingerprint density at radius 2 is 2.12 bits per heavy atom. The lowest BCUT2D eigenvalue weighted by Crippen LogP contribution is -2.43. The molecule has 0 spiro atoms. The number of hydrogen-bond acceptors (Lipinski definition) is 6. The molecule has 9 heteroatoms. The Morgan fingerprint density at radius 1 is 1.32 bits per heavy atom. The van der Waals surface area contributed by atoms with Crippen molar-refractivity contribution in [1.82, 2.24) is 24.3 Å². The second-order valence-corrected chi connectivity index (χ2v) is 6.96. The largest absolute Gasteiger partial charge is 0.437 e. The van der Waals surface area contributed by atoms with E-state index in [4.69, 9.17) is 16.3 Å². The fraction of sp³-hybridized carbons (Fsp3) is 0.562. The molecule has 1 saturated heterocycles. The molecule has 0 radical (unpaired) electrons. The molecule has 0 atom stereocenters. The van der Waals surface area contributed by atoms with Crippen molar-refractivity contribution in [3.8, 4) is 0 Å². The third kappa shape index (κ3) is 3.31. The molecule has 2 aromatic rings. The number of rotatable bonds is 3. The van der Waals surface area contributed by atoms with Crippen molar-refractivity contribution in [2.75, 3.05) is 26.3 Å². The van der Waals surface area contributed by atoms with E-state index in [0.29, 0.717) is 19.3 Å². The van der Waals surface area contributed by atoms with Crippen LogP contribution in [0.15, 0.2) is 12.4 Å². The van der Waals surface area contributed by atoms with E-state index < -0.39 is 7.05 Å². The normalized spacial score (nSPS) is 20.0. The summed E-state index contributed by atoms with van der Waals surface area (Å²) in [5.41, 5.74) is 3.53. The maximum atomic E-state index is 9.74. The third-order valence-electron chi connectivity index (χ3n) is 5.08. The summed E-state index contributed by atoms with van der Waals surface area (Å²) in [5.74, 6) is 0. The van der Waals surface area contributed by atoms with Gasteiger partial charge in [-0.2, -0.15) is 4.98 Å². The van der Waals surface area contributed by atoms with Crippen molar-refractivity contribution in [3.63, 3.8) is 0 Å². The van der Waals surface area contributed by atoms with E-state index in [1.165, 1.54) is 0 Å². The first-order valence-corrected chi connectivity index (χ1v) is 9.10. The van der Waals surface area contributed by atoms with Gasteiger partial charge in [-0.3, -0.25) is 0 Å². The molecule has 0 aromatic carbocycles. The minimum atomic E-state index is -0.399. The monoisotopic (exact) mass is 361 g/mol. The van der Waals surface area contributed by atoms with Gasteiger partial charge in [-0.1, -0.05) is 6.08 Å². The average molecular weight is 362 g/mol. The van der Waals surface area contributed by atoms with Gasteiger partial charge in [0.05, 0.1) is 25.2 Å². The molecular formula is C16H21BClN5O2. The topological polar surface area (TPSA) is 76.3 Å². The lowest BCUT2D eigenvalue weighted by Gasteiger charge is -2.33. The molecule has 2 aromatic heterocycles. The highest BCUT2D eigenvalue weighted by atomic mass is 35.5. The average Bonchev–Trinajstić information content (AvgIpc) is 3.05. The molecule has 7 nitrogen and oxygen atoms in total. The summed E-state index contributed by atoms with van der Waals surface area (Å²) in [4.78, 5) is 15.6. The van der Waals surface area contributed by atoms with Crippen LogP contribution in [0.1, 0.15) is 31.0 Å². The molecule has 0 aliphatic carbocycles. The van der Waals surface area contributed by atoms with Crippen molar-refractivity contribution in [2.24, 2.45) is 0 Å². The van der Waals surface area contributed by atoms with Gasteiger partial charge in [-0.25, -0.2) is 9.97 Å². The van der Waals surface area contributed by atoms with Crippen molar-refractivity contribution in [1.29, 1.82) is 0 Å². The van der Waals surface area contributed by atoms with Crippen molar-refractivity contribution >= 4 is 35.4 Å². The van der Waals surface area contributed by atoms with Crippen LogP contribution in [0.25, 0.3) is 16.7 Å². The summed E-state index contributed by atoms with van der Waals surface area (Å²) in [6, 6.07) is 0.308. The molecule has 132 valence electrons. The van der Waals surface area contributed by atoms with Crippen LogP contribution in [-0.4, -0.2) is 62.7 Å². The summed E-state index contributed by atoms with van der Waals surface area (Å²) in [6.07, 6.45) is 6.60. The standard InChI is InChI=1S/C16H21BClN5O2/c1-17(24)22-6-2-12(3-7-22)23-10-19-14-13(11-4-8-25-9-5-11)20-16(18)21-15(14)23/h4,10,12,24H,2-3,5-9H2,1H3. The highest BCUT2D eigenvalue weighted by Crippen LogP contribution is 2.31. The van der Waals surface area contributed by atoms with Crippen LogP contribution >= 0.6 is 11.6 Å². The smallest absolute Gasteiger partial charge is 0.376 e. The molecule has 4 rings (SSSR count). The maximum absolute atomic E-state index is 9.74. The molecule has 2 aliphatic rings. The molecule has 0 unspecified atom stereocenters. The first kappa shape index (κ1) is 17.0. The Bertz CT molecular complexity index is 801. The van der Waals surface area contributed by atoms with Gasteiger partial charge in [0.15, 0.2) is 5.65 Å². The van der Waals surface area contributed by atoms with Crippen molar-refractivity contribution in [3.05, 3.63) is 23.4 Å². The molecular weight excluding hydrogens is 340 g/mol. The lowest BCUT2D eigenvalue weighted by atomic mass is 9.82. The first-order valence-electron chi connectivity index (χ1n) is 8.73. The van der Waals surface area contributed by atoms with Crippen LogP contribution in [0.4, 0.5) is 0 Å². The number of aromatic nitrogens is 4. The van der Waals surface area contributed by atoms with Crippen LogP contribution in [0.3, 0.4) is 0 Å². The number of hydrogen-bond donors (Lipinski definition) is 1. The summed E-state index contributed by atoms with van der Waals surface area (Å²) in [6.45, 7) is 4.81. The molecule has 0 amide bonds. The Kier molecular flexibility index (Phi) is 4.77. The molecule has 1 fully saturated rings. The second-order valence-electron chi connectivity index (χ2n) is 6.62. The molecule has 0 saturated carbocycles. The fourth-order valence-electron chi connectivity index (χ4n) is 3.66. The van der Waals surface area contributed by atoms with Crippen molar-refractivity contribution < 1.29 is 9.76 Å². The van der Waals surface area contributed by atoms with Gasteiger partial charge in [0.25, 0.3) is 0 Å². The van der Waals surface area contributed by atoms with Crippen LogP contribution in [0, 0.1) is 0 Å². The highest BCUT2D eigenvalue weighted by Gasteiger charge is 2.27. The number of fused-ring (bicyclic) bond motifs is 1. The van der Waals surface area contributed by atoms with Gasteiger partial charge in [0.1, 0.15) is 5.52 Å². The number of nitrogens with zero attached hydrogens (tertiary/aromatic N) is 5. The van der Waals surface area contributed by atoms with Crippen LogP contribution < -0.4 is 0 Å². The van der Waals surface area contributed by atoms with Crippen LogP contribution in [-0.2, 0) is 4.74 Å².